The molecule has 0 aliphatic rings. The van der Waals surface area contributed by atoms with Crippen LogP contribution in [0.5, 0.6) is 0 Å². The summed E-state index contributed by atoms with van der Waals surface area (Å²) >= 11 is 66.9. The molecule has 0 saturated carbocycles. The average Bonchev–Trinajstić information content (AvgIpc) is 2.18. The molecule has 0 saturated heterocycles. The zero-order chi connectivity index (χ0) is 18.0. The minimum absolute atomic E-state index is 0.194. The number of hydrogen-bond acceptors (Lipinski definition) is 0. The summed E-state index contributed by atoms with van der Waals surface area (Å²) in [4.78, 5) is 0. The summed E-state index contributed by atoms with van der Waals surface area (Å²) in [6.45, 7) is 0. The van der Waals surface area contributed by atoms with Gasteiger partial charge in [-0.15, -0.1) is 92.8 Å². The maximum absolute atomic E-state index is 4.81. The van der Waals surface area contributed by atoms with Crippen molar-refractivity contribution in [3.8, 4) is 0 Å². The van der Waals surface area contributed by atoms with Crippen molar-refractivity contribution in [2.75, 3.05) is 21.4 Å². The van der Waals surface area contributed by atoms with E-state index in [1.54, 1.807) is 0 Å². The second-order valence-corrected chi connectivity index (χ2v) is 8.09. The molecule has 0 bridgehead atoms. The van der Waals surface area contributed by atoms with Gasteiger partial charge in [0.15, 0.2) is 8.59 Å². The van der Waals surface area contributed by atoms with Crippen molar-refractivity contribution in [2.45, 2.75) is 8.59 Å². The van der Waals surface area contributed by atoms with Crippen molar-refractivity contribution in [1.29, 1.82) is 0 Å². The minimum atomic E-state index is -0.750. The van der Waals surface area contributed by atoms with Gasteiger partial charge in [0, 0.05) is 0 Å². The monoisotopic (exact) mass is 572 g/mol. The van der Waals surface area contributed by atoms with E-state index >= 15 is 0 Å². The van der Waals surface area contributed by atoms with Gasteiger partial charge in [-0.05, 0) is 0 Å². The molecular weight excluding hydrogens is 568 g/mol. The van der Waals surface area contributed by atoms with E-state index in [-0.39, 0.29) is 21.4 Å². The first-order valence-corrected chi connectivity index (χ1v) is 10.3. The Labute approximate surface area is 190 Å². The quantitative estimate of drug-likeness (QED) is 0.251. The van der Waals surface area contributed by atoms with Crippen LogP contribution in [0.1, 0.15) is 0 Å². The molecule has 0 radical (unpaired) electrons. The number of alkyl halides is 14. The highest BCUT2D eigenvalue weighted by atomic mass is 35.6. The molecule has 0 amide bonds. The Bertz CT molecular complexity index is 60.6. The molecule has 132 valence electrons. The fourth-order valence-corrected chi connectivity index (χ4v) is 0. The lowest BCUT2D eigenvalue weighted by Crippen LogP contribution is -1.55. The molecule has 14 heteroatoms. The van der Waals surface area contributed by atoms with Crippen LogP contribution in [0.4, 0.5) is 0 Å². The molecule has 0 fully saturated rings. The van der Waals surface area contributed by atoms with Gasteiger partial charge in [0.1, 0.15) is 0 Å². The largest absolute Gasteiger partial charge is 0.180 e. The Balaban J connectivity index is -0.0000000296. The predicted octanol–water partition coefficient (Wildman–Crippen LogP) is 9.66. The molecule has 0 aliphatic carbocycles. The lowest BCUT2D eigenvalue weighted by molar-refractivity contribution is 1.96. The first kappa shape index (κ1) is 39.2. The highest BCUT2D eigenvalue weighted by Gasteiger charge is 1.79. The van der Waals surface area contributed by atoms with E-state index in [2.05, 4.69) is 0 Å². The van der Waals surface area contributed by atoms with Gasteiger partial charge in [0.2, 0.25) is 0 Å². The molecule has 0 unspecified atom stereocenters. The van der Waals surface area contributed by atoms with E-state index in [1.807, 2.05) is 0 Å². The fourth-order valence-electron chi connectivity index (χ4n) is 0. The Morgan fingerprint density at radius 3 is 0.350 bits per heavy atom. The smallest absolute Gasteiger partial charge is 0.109 e. The standard InChI is InChI=1S/2CHCl3.4CH2Cl2/c2*2-1(3)4;4*2-1-3/h2*1H;4*1H2. The summed E-state index contributed by atoms with van der Waals surface area (Å²) < 4.78 is -1.50. The second kappa shape index (κ2) is 56.8. The van der Waals surface area contributed by atoms with Gasteiger partial charge in [0.25, 0.3) is 0 Å². The molecular formula is C6H10Cl14. The number of hydrogen-bond donors (Lipinski definition) is 0. The molecule has 0 aromatic carbocycles. The summed E-state index contributed by atoms with van der Waals surface area (Å²) in [6, 6.07) is 0. The van der Waals surface area contributed by atoms with E-state index in [9.17, 15) is 0 Å². The van der Waals surface area contributed by atoms with Crippen LogP contribution >= 0.6 is 162 Å². The van der Waals surface area contributed by atoms with Crippen molar-refractivity contribution >= 4 is 162 Å². The SMILES string of the molecule is ClC(Cl)Cl.ClC(Cl)Cl.ClCCl.ClCCl.ClCCl.ClCCl. The van der Waals surface area contributed by atoms with Crippen LogP contribution in [0.25, 0.3) is 0 Å². The minimum Gasteiger partial charge on any atom is -0.109 e. The molecule has 0 nitrogen and oxygen atoms in total. The highest BCUT2D eigenvalue weighted by Crippen LogP contribution is 2.04. The normalized spacial score (nSPS) is 7.20. The summed E-state index contributed by atoms with van der Waals surface area (Å²) in [5.41, 5.74) is 0. The van der Waals surface area contributed by atoms with Gasteiger partial charge < -0.3 is 0 Å². The highest BCUT2D eigenvalue weighted by molar-refractivity contribution is 6.63. The Morgan fingerprint density at radius 2 is 0.350 bits per heavy atom. The summed E-state index contributed by atoms with van der Waals surface area (Å²) in [5, 5.41) is 0.778. The van der Waals surface area contributed by atoms with Gasteiger partial charge in [-0.1, -0.05) is 69.6 Å². The Kier molecular flexibility index (Phi) is 111. The maximum atomic E-state index is 4.81. The van der Waals surface area contributed by atoms with E-state index < -0.39 is 8.59 Å². The number of halogens is 14. The molecule has 0 aromatic heterocycles. The summed E-state index contributed by atoms with van der Waals surface area (Å²) in [7, 11) is 0. The van der Waals surface area contributed by atoms with Crippen molar-refractivity contribution in [3.05, 3.63) is 0 Å². The van der Waals surface area contributed by atoms with Crippen molar-refractivity contribution in [3.63, 3.8) is 0 Å². The van der Waals surface area contributed by atoms with Gasteiger partial charge in [-0.2, -0.15) is 0 Å². The molecule has 0 aliphatic heterocycles. The third-order valence-electron chi connectivity index (χ3n) is 0. The van der Waals surface area contributed by atoms with Gasteiger partial charge in [-0.25, -0.2) is 0 Å². The van der Waals surface area contributed by atoms with E-state index in [4.69, 9.17) is 162 Å². The van der Waals surface area contributed by atoms with E-state index in [0.717, 1.165) is 0 Å². The van der Waals surface area contributed by atoms with Crippen LogP contribution in [0.15, 0.2) is 0 Å². The lowest BCUT2D eigenvalue weighted by atomic mass is 11.9. The van der Waals surface area contributed by atoms with Crippen molar-refractivity contribution < 1.29 is 0 Å². The summed E-state index contributed by atoms with van der Waals surface area (Å²) in [6.07, 6.45) is 0. The molecule has 0 aromatic rings. The molecule has 20 heavy (non-hydrogen) atoms. The molecule has 0 atom stereocenters. The van der Waals surface area contributed by atoms with Crippen LogP contribution in [-0.4, -0.2) is 29.9 Å². The van der Waals surface area contributed by atoms with Crippen LogP contribution in [0.3, 0.4) is 0 Å². The molecule has 0 heterocycles. The first-order valence-electron chi connectivity index (χ1n) is 3.45. The second-order valence-electron chi connectivity index (χ2n) is 0.899. The first-order chi connectivity index (χ1) is 9.12. The van der Waals surface area contributed by atoms with Crippen LogP contribution in [-0.2, 0) is 0 Å². The van der Waals surface area contributed by atoms with Crippen LogP contribution in [0.2, 0.25) is 0 Å². The van der Waals surface area contributed by atoms with Crippen molar-refractivity contribution in [1.82, 2.24) is 0 Å². The molecule has 0 N–H and O–H groups in total. The van der Waals surface area contributed by atoms with E-state index in [1.165, 1.54) is 0 Å². The third kappa shape index (κ3) is 594. The topological polar surface area (TPSA) is 0 Å². The van der Waals surface area contributed by atoms with E-state index in [0.29, 0.717) is 0 Å². The summed E-state index contributed by atoms with van der Waals surface area (Å²) in [5.74, 6) is 0. The van der Waals surface area contributed by atoms with Gasteiger partial charge in [-0.3, -0.25) is 0 Å². The fraction of sp³-hybridized carbons (Fsp3) is 1.00. The van der Waals surface area contributed by atoms with Gasteiger partial charge >= 0.3 is 0 Å². The zero-order valence-electron chi connectivity index (χ0n) is 9.27. The van der Waals surface area contributed by atoms with Crippen molar-refractivity contribution in [2.24, 2.45) is 0 Å². The Hall–Kier alpha value is 4.06. The average molecular weight is 578 g/mol. The lowest BCUT2D eigenvalue weighted by Gasteiger charge is -1.69. The molecule has 0 rings (SSSR count). The molecule has 0 spiro atoms. The Morgan fingerprint density at radius 1 is 0.350 bits per heavy atom. The third-order valence-corrected chi connectivity index (χ3v) is 0. The zero-order valence-corrected chi connectivity index (χ0v) is 19.9. The van der Waals surface area contributed by atoms with Crippen LogP contribution < -0.4 is 0 Å². The van der Waals surface area contributed by atoms with Gasteiger partial charge in [0.05, 0.1) is 21.4 Å². The maximum Gasteiger partial charge on any atom is 0.180 e. The van der Waals surface area contributed by atoms with Crippen LogP contribution in [0, 0.1) is 0 Å². The number of rotatable bonds is 0. The predicted molar refractivity (Wildman–Crippen MR) is 109 cm³/mol.